The van der Waals surface area contributed by atoms with Crippen molar-refractivity contribution >= 4 is 16.9 Å². The molecule has 0 atom stereocenters. The van der Waals surface area contributed by atoms with Gasteiger partial charge in [-0.05, 0) is 31.0 Å². The number of aromatic nitrogens is 1. The van der Waals surface area contributed by atoms with Crippen LogP contribution in [0.5, 0.6) is 0 Å². The van der Waals surface area contributed by atoms with Crippen LogP contribution in [0.25, 0.3) is 10.9 Å². The van der Waals surface area contributed by atoms with Crippen molar-refractivity contribution in [3.05, 3.63) is 36.0 Å². The number of hydrogen-bond acceptors (Lipinski definition) is 2. The highest BCUT2D eigenvalue weighted by atomic mass is 16.4. The number of nitrogens with one attached hydrogen (secondary N) is 1. The second-order valence-electron chi connectivity index (χ2n) is 4.04. The Morgan fingerprint density at radius 3 is 2.67 bits per heavy atom. The van der Waals surface area contributed by atoms with Crippen LogP contribution in [-0.4, -0.2) is 22.6 Å². The number of carboxylic acids is 1. The van der Waals surface area contributed by atoms with Gasteiger partial charge in [-0.3, -0.25) is 4.79 Å². The fourth-order valence-corrected chi connectivity index (χ4v) is 1.71. The lowest BCUT2D eigenvalue weighted by Crippen LogP contribution is -2.01. The Labute approximate surface area is 107 Å². The van der Waals surface area contributed by atoms with Crippen LogP contribution in [-0.2, 0) is 11.2 Å². The second kappa shape index (κ2) is 7.50. The van der Waals surface area contributed by atoms with Crippen molar-refractivity contribution in [3.63, 3.8) is 0 Å². The van der Waals surface area contributed by atoms with Crippen molar-refractivity contribution in [1.29, 1.82) is 0 Å². The van der Waals surface area contributed by atoms with Crippen LogP contribution in [0.2, 0.25) is 0 Å². The van der Waals surface area contributed by atoms with Gasteiger partial charge in [0.1, 0.15) is 0 Å². The number of aliphatic carboxylic acids is 1. The number of hydrogen-bond donors (Lipinski definition) is 3. The Morgan fingerprint density at radius 2 is 2.11 bits per heavy atom. The molecule has 0 bridgehead atoms. The number of benzene rings is 1. The maximum atomic E-state index is 9.60. The van der Waals surface area contributed by atoms with E-state index in [-0.39, 0.29) is 0 Å². The van der Waals surface area contributed by atoms with E-state index < -0.39 is 5.97 Å². The van der Waals surface area contributed by atoms with Crippen molar-refractivity contribution in [1.82, 2.24) is 4.98 Å². The molecule has 4 N–H and O–H groups in total. The number of rotatable bonds is 4. The molecule has 0 amide bonds. The summed E-state index contributed by atoms with van der Waals surface area (Å²) in [6, 6.07) is 8.29. The zero-order valence-corrected chi connectivity index (χ0v) is 10.6. The van der Waals surface area contributed by atoms with Crippen LogP contribution < -0.4 is 5.73 Å². The van der Waals surface area contributed by atoms with Gasteiger partial charge in [0.25, 0.3) is 0 Å². The Kier molecular flexibility index (Phi) is 5.94. The standard InChI is InChI=1S/C10H12N2.C4H8O2/c11-6-5-8-7-12-10-4-2-1-3-9(8)10;1-2-3-4(5)6/h1-4,7,12H,5-6,11H2;2-3H2,1H3,(H,5,6). The summed E-state index contributed by atoms with van der Waals surface area (Å²) >= 11 is 0. The highest BCUT2D eigenvalue weighted by Gasteiger charge is 1.99. The van der Waals surface area contributed by atoms with Crippen molar-refractivity contribution in [2.24, 2.45) is 5.73 Å². The van der Waals surface area contributed by atoms with E-state index in [0.717, 1.165) is 12.8 Å². The molecular weight excluding hydrogens is 228 g/mol. The molecule has 98 valence electrons. The minimum absolute atomic E-state index is 0.292. The number of para-hydroxylation sites is 1. The van der Waals surface area contributed by atoms with E-state index in [1.807, 2.05) is 19.2 Å². The van der Waals surface area contributed by atoms with Gasteiger partial charge < -0.3 is 15.8 Å². The van der Waals surface area contributed by atoms with Gasteiger partial charge in [-0.2, -0.15) is 0 Å². The zero-order valence-electron chi connectivity index (χ0n) is 10.6. The molecule has 1 aromatic carbocycles. The van der Waals surface area contributed by atoms with E-state index in [0.29, 0.717) is 13.0 Å². The first-order valence-corrected chi connectivity index (χ1v) is 6.15. The summed E-state index contributed by atoms with van der Waals surface area (Å²) in [5.74, 6) is -0.711. The molecule has 0 aliphatic heterocycles. The van der Waals surface area contributed by atoms with Crippen molar-refractivity contribution < 1.29 is 9.90 Å². The summed E-state index contributed by atoms with van der Waals surface area (Å²) in [6.45, 7) is 2.55. The number of fused-ring (bicyclic) bond motifs is 1. The maximum absolute atomic E-state index is 9.60. The molecule has 0 aliphatic rings. The summed E-state index contributed by atoms with van der Waals surface area (Å²) < 4.78 is 0. The lowest BCUT2D eigenvalue weighted by Gasteiger charge is -1.93. The van der Waals surface area contributed by atoms with Crippen molar-refractivity contribution in [2.45, 2.75) is 26.2 Å². The van der Waals surface area contributed by atoms with E-state index >= 15 is 0 Å². The quantitative estimate of drug-likeness (QED) is 0.778. The van der Waals surface area contributed by atoms with E-state index in [4.69, 9.17) is 10.8 Å². The van der Waals surface area contributed by atoms with Gasteiger partial charge in [0.05, 0.1) is 0 Å². The van der Waals surface area contributed by atoms with Gasteiger partial charge >= 0.3 is 5.97 Å². The third-order valence-electron chi connectivity index (χ3n) is 2.55. The molecule has 4 heteroatoms. The van der Waals surface area contributed by atoms with Crippen LogP contribution in [0.1, 0.15) is 25.3 Å². The average Bonchev–Trinajstić information content (AvgIpc) is 2.74. The summed E-state index contributed by atoms with van der Waals surface area (Å²) in [5.41, 5.74) is 8.01. The van der Waals surface area contributed by atoms with Crippen LogP contribution in [0, 0.1) is 0 Å². The molecule has 0 fully saturated rings. The van der Waals surface area contributed by atoms with E-state index in [1.54, 1.807) is 0 Å². The van der Waals surface area contributed by atoms with E-state index in [1.165, 1.54) is 16.5 Å². The topological polar surface area (TPSA) is 79.1 Å². The molecule has 1 aromatic heterocycles. The van der Waals surface area contributed by atoms with Gasteiger partial charge in [-0.1, -0.05) is 25.1 Å². The molecular formula is C14H20N2O2. The molecule has 2 aromatic rings. The average molecular weight is 248 g/mol. The minimum atomic E-state index is -0.711. The second-order valence-corrected chi connectivity index (χ2v) is 4.04. The molecule has 1 heterocycles. The van der Waals surface area contributed by atoms with Crippen molar-refractivity contribution in [2.75, 3.05) is 6.54 Å². The number of carbonyl (C=O) groups is 1. The Hall–Kier alpha value is -1.81. The van der Waals surface area contributed by atoms with E-state index in [9.17, 15) is 4.79 Å². The highest BCUT2D eigenvalue weighted by molar-refractivity contribution is 5.83. The molecule has 0 radical (unpaired) electrons. The monoisotopic (exact) mass is 248 g/mol. The third-order valence-corrected chi connectivity index (χ3v) is 2.55. The maximum Gasteiger partial charge on any atom is 0.303 e. The van der Waals surface area contributed by atoms with Crippen LogP contribution in [0.3, 0.4) is 0 Å². The Bertz CT molecular complexity index is 491. The smallest absolute Gasteiger partial charge is 0.303 e. The summed E-state index contributed by atoms with van der Waals surface area (Å²) in [7, 11) is 0. The van der Waals surface area contributed by atoms with Gasteiger partial charge in [0.15, 0.2) is 0 Å². The molecule has 4 nitrogen and oxygen atoms in total. The van der Waals surface area contributed by atoms with Crippen LogP contribution >= 0.6 is 0 Å². The summed E-state index contributed by atoms with van der Waals surface area (Å²) in [4.78, 5) is 12.8. The fraction of sp³-hybridized carbons (Fsp3) is 0.357. The van der Waals surface area contributed by atoms with Gasteiger partial charge in [0, 0.05) is 23.5 Å². The van der Waals surface area contributed by atoms with Gasteiger partial charge in [-0.15, -0.1) is 0 Å². The predicted octanol–water partition coefficient (Wildman–Crippen LogP) is 2.54. The SMILES string of the molecule is CCCC(=O)O.NCCc1c[nH]c2ccccc12. The largest absolute Gasteiger partial charge is 0.481 e. The third kappa shape index (κ3) is 4.22. The molecule has 0 aliphatic carbocycles. The number of H-pyrrole nitrogens is 1. The fourth-order valence-electron chi connectivity index (χ4n) is 1.71. The van der Waals surface area contributed by atoms with Crippen LogP contribution in [0.15, 0.2) is 30.5 Å². The zero-order chi connectivity index (χ0) is 13.4. The molecule has 0 spiro atoms. The van der Waals surface area contributed by atoms with E-state index in [2.05, 4.69) is 23.2 Å². The lowest BCUT2D eigenvalue weighted by atomic mass is 10.1. The van der Waals surface area contributed by atoms with Crippen LogP contribution in [0.4, 0.5) is 0 Å². The molecule has 0 saturated carbocycles. The number of aromatic amines is 1. The molecule has 2 rings (SSSR count). The Balaban J connectivity index is 0.000000232. The molecule has 0 unspecified atom stereocenters. The first-order valence-electron chi connectivity index (χ1n) is 6.15. The minimum Gasteiger partial charge on any atom is -0.481 e. The molecule has 0 saturated heterocycles. The summed E-state index contributed by atoms with van der Waals surface area (Å²) in [6.07, 6.45) is 4.01. The summed E-state index contributed by atoms with van der Waals surface area (Å²) in [5, 5.41) is 9.21. The van der Waals surface area contributed by atoms with Gasteiger partial charge in [0.2, 0.25) is 0 Å². The predicted molar refractivity (Wildman–Crippen MR) is 73.6 cm³/mol. The number of carboxylic acid groups (broad SMARTS) is 1. The highest BCUT2D eigenvalue weighted by Crippen LogP contribution is 2.17. The molecule has 18 heavy (non-hydrogen) atoms. The van der Waals surface area contributed by atoms with Gasteiger partial charge in [-0.25, -0.2) is 0 Å². The van der Waals surface area contributed by atoms with Crippen molar-refractivity contribution in [3.8, 4) is 0 Å². The Morgan fingerprint density at radius 1 is 1.39 bits per heavy atom. The first-order chi connectivity index (χ1) is 8.69. The first kappa shape index (κ1) is 14.3. The number of nitrogens with two attached hydrogens (primary N) is 1. The normalized spacial score (nSPS) is 9.89. The lowest BCUT2D eigenvalue weighted by molar-refractivity contribution is -0.137.